The number of rotatable bonds is 4. The lowest BCUT2D eigenvalue weighted by Crippen LogP contribution is -2.35. The molecule has 0 aliphatic heterocycles. The Kier molecular flexibility index (Phi) is 5.22. The van der Waals surface area contributed by atoms with Crippen molar-refractivity contribution in [3.05, 3.63) is 42.3 Å². The van der Waals surface area contributed by atoms with Crippen LogP contribution in [-0.4, -0.2) is 28.9 Å². The second-order valence-electron chi connectivity index (χ2n) is 5.03. The predicted octanol–water partition coefficient (Wildman–Crippen LogP) is 2.87. The van der Waals surface area contributed by atoms with Gasteiger partial charge in [0.2, 0.25) is 5.89 Å². The molecular weight excluding hydrogens is 379 g/mol. The molecule has 0 atom stereocenters. The molecule has 1 aliphatic rings. The van der Waals surface area contributed by atoms with Crippen molar-refractivity contribution in [2.75, 3.05) is 7.05 Å². The Morgan fingerprint density at radius 3 is 2.76 bits per heavy atom. The largest absolute Gasteiger partial charge is 0.444 e. The van der Waals surface area contributed by atoms with Crippen LogP contribution in [0.3, 0.4) is 0 Å². The number of hydrogen-bond acceptors (Lipinski definition) is 3. The Labute approximate surface area is 141 Å². The monoisotopic (exact) mass is 398 g/mol. The van der Waals surface area contributed by atoms with Crippen LogP contribution in [0, 0.1) is 0 Å². The van der Waals surface area contributed by atoms with E-state index < -0.39 is 0 Å². The van der Waals surface area contributed by atoms with Crippen molar-refractivity contribution in [3.63, 3.8) is 0 Å². The minimum Gasteiger partial charge on any atom is -0.444 e. The molecular formula is C15H19IN4O. The second-order valence-corrected chi connectivity index (χ2v) is 5.03. The van der Waals surface area contributed by atoms with E-state index in [9.17, 15) is 0 Å². The number of aromatic nitrogens is 1. The molecule has 0 spiro atoms. The fourth-order valence-corrected chi connectivity index (χ4v) is 2.02. The van der Waals surface area contributed by atoms with Crippen LogP contribution in [0.4, 0.5) is 0 Å². The molecule has 1 aromatic carbocycles. The van der Waals surface area contributed by atoms with Crippen molar-refractivity contribution in [3.8, 4) is 11.5 Å². The van der Waals surface area contributed by atoms with Crippen LogP contribution in [0.1, 0.15) is 18.5 Å². The molecule has 0 amide bonds. The average molecular weight is 398 g/mol. The van der Waals surface area contributed by atoms with E-state index in [-0.39, 0.29) is 24.0 Å². The molecule has 0 bridgehead atoms. The van der Waals surface area contributed by atoms with Gasteiger partial charge < -0.3 is 15.1 Å². The van der Waals surface area contributed by atoms with Crippen LogP contribution in [0.25, 0.3) is 11.5 Å². The van der Waals surface area contributed by atoms with E-state index in [0.29, 0.717) is 24.4 Å². The van der Waals surface area contributed by atoms with Gasteiger partial charge in [-0.05, 0) is 25.0 Å². The lowest BCUT2D eigenvalue weighted by Gasteiger charge is -2.16. The standard InChI is InChI=1S/C15H18N4O.HI/c1-19(13-7-8-13)15(16)17-9-12-10-20-14(18-12)11-5-3-2-4-6-11;/h2-6,10,13H,7-9H2,1H3,(H2,16,17);1H. The maximum atomic E-state index is 5.94. The van der Waals surface area contributed by atoms with Crippen LogP contribution in [0.2, 0.25) is 0 Å². The zero-order valence-electron chi connectivity index (χ0n) is 11.9. The van der Waals surface area contributed by atoms with Crippen LogP contribution in [-0.2, 0) is 6.54 Å². The number of benzene rings is 1. The number of guanidine groups is 1. The average Bonchev–Trinajstić information content (AvgIpc) is 3.23. The molecule has 1 fully saturated rings. The van der Waals surface area contributed by atoms with Crippen molar-refractivity contribution in [2.45, 2.75) is 25.4 Å². The summed E-state index contributed by atoms with van der Waals surface area (Å²) in [4.78, 5) is 10.8. The molecule has 3 rings (SSSR count). The zero-order chi connectivity index (χ0) is 13.9. The highest BCUT2D eigenvalue weighted by Crippen LogP contribution is 2.25. The van der Waals surface area contributed by atoms with Gasteiger partial charge in [0.25, 0.3) is 0 Å². The van der Waals surface area contributed by atoms with Gasteiger partial charge in [0.1, 0.15) is 12.0 Å². The van der Waals surface area contributed by atoms with Crippen molar-refractivity contribution in [1.82, 2.24) is 9.88 Å². The quantitative estimate of drug-likeness (QED) is 0.489. The highest BCUT2D eigenvalue weighted by Gasteiger charge is 2.27. The lowest BCUT2D eigenvalue weighted by atomic mass is 10.2. The van der Waals surface area contributed by atoms with Gasteiger partial charge in [-0.2, -0.15) is 0 Å². The fraction of sp³-hybridized carbons (Fsp3) is 0.333. The smallest absolute Gasteiger partial charge is 0.226 e. The van der Waals surface area contributed by atoms with E-state index in [4.69, 9.17) is 10.2 Å². The van der Waals surface area contributed by atoms with Gasteiger partial charge in [0.15, 0.2) is 5.96 Å². The van der Waals surface area contributed by atoms with E-state index >= 15 is 0 Å². The molecule has 2 N–H and O–H groups in total. The maximum Gasteiger partial charge on any atom is 0.226 e. The van der Waals surface area contributed by atoms with Crippen molar-refractivity contribution in [2.24, 2.45) is 10.7 Å². The highest BCUT2D eigenvalue weighted by molar-refractivity contribution is 14.0. The van der Waals surface area contributed by atoms with E-state index in [2.05, 4.69) is 9.98 Å². The van der Waals surface area contributed by atoms with E-state index in [0.717, 1.165) is 11.3 Å². The summed E-state index contributed by atoms with van der Waals surface area (Å²) < 4.78 is 5.47. The van der Waals surface area contributed by atoms with E-state index in [1.807, 2.05) is 42.3 Å². The van der Waals surface area contributed by atoms with Gasteiger partial charge >= 0.3 is 0 Å². The molecule has 0 saturated heterocycles. The van der Waals surface area contributed by atoms with E-state index in [1.165, 1.54) is 12.8 Å². The first-order chi connectivity index (χ1) is 9.74. The third-order valence-corrected chi connectivity index (χ3v) is 3.43. The summed E-state index contributed by atoms with van der Waals surface area (Å²) in [5.41, 5.74) is 7.69. The number of oxazole rings is 1. The number of nitrogens with two attached hydrogens (primary N) is 1. The molecule has 0 unspecified atom stereocenters. The summed E-state index contributed by atoms with van der Waals surface area (Å²) >= 11 is 0. The van der Waals surface area contributed by atoms with Crippen molar-refractivity contribution >= 4 is 29.9 Å². The Balaban J connectivity index is 0.00000161. The third kappa shape index (κ3) is 3.96. The summed E-state index contributed by atoms with van der Waals surface area (Å²) in [6, 6.07) is 10.4. The summed E-state index contributed by atoms with van der Waals surface area (Å²) in [7, 11) is 1.98. The van der Waals surface area contributed by atoms with Crippen LogP contribution >= 0.6 is 24.0 Å². The fourth-order valence-electron chi connectivity index (χ4n) is 2.02. The lowest BCUT2D eigenvalue weighted by molar-refractivity contribution is 0.487. The third-order valence-electron chi connectivity index (χ3n) is 3.43. The predicted molar refractivity (Wildman–Crippen MR) is 93.5 cm³/mol. The second kappa shape index (κ2) is 6.93. The molecule has 0 radical (unpaired) electrons. The Hall–Kier alpha value is -1.57. The minimum absolute atomic E-state index is 0. The molecule has 1 saturated carbocycles. The van der Waals surface area contributed by atoms with Crippen LogP contribution in [0.5, 0.6) is 0 Å². The first-order valence-corrected chi connectivity index (χ1v) is 6.76. The molecule has 112 valence electrons. The molecule has 1 heterocycles. The van der Waals surface area contributed by atoms with Crippen molar-refractivity contribution in [1.29, 1.82) is 0 Å². The summed E-state index contributed by atoms with van der Waals surface area (Å²) in [5, 5.41) is 0. The zero-order valence-corrected chi connectivity index (χ0v) is 14.2. The molecule has 21 heavy (non-hydrogen) atoms. The number of nitrogens with zero attached hydrogens (tertiary/aromatic N) is 3. The number of halogens is 1. The SMILES string of the molecule is CN(C(N)=NCc1coc(-c2ccccc2)n1)C1CC1.I. The highest BCUT2D eigenvalue weighted by atomic mass is 127. The first kappa shape index (κ1) is 15.8. The minimum atomic E-state index is 0. The Morgan fingerprint density at radius 2 is 2.10 bits per heavy atom. The normalized spacial score (nSPS) is 14.6. The molecule has 1 aliphatic carbocycles. The van der Waals surface area contributed by atoms with Crippen LogP contribution < -0.4 is 5.73 Å². The van der Waals surface area contributed by atoms with Gasteiger partial charge in [-0.1, -0.05) is 18.2 Å². The van der Waals surface area contributed by atoms with Gasteiger partial charge in [0.05, 0.1) is 6.54 Å². The topological polar surface area (TPSA) is 67.7 Å². The maximum absolute atomic E-state index is 5.94. The summed E-state index contributed by atoms with van der Waals surface area (Å²) in [6.45, 7) is 0.444. The molecule has 2 aromatic rings. The van der Waals surface area contributed by atoms with Gasteiger partial charge in [0, 0.05) is 18.7 Å². The first-order valence-electron chi connectivity index (χ1n) is 6.76. The Bertz CT molecular complexity index is 607. The number of aliphatic imine (C=N–C) groups is 1. The summed E-state index contributed by atoms with van der Waals surface area (Å²) in [5.74, 6) is 1.18. The molecule has 5 nitrogen and oxygen atoms in total. The number of hydrogen-bond donors (Lipinski definition) is 1. The van der Waals surface area contributed by atoms with Gasteiger partial charge in [-0.25, -0.2) is 9.98 Å². The molecule has 6 heteroatoms. The summed E-state index contributed by atoms with van der Waals surface area (Å²) in [6.07, 6.45) is 4.04. The molecule has 1 aromatic heterocycles. The van der Waals surface area contributed by atoms with Crippen LogP contribution in [0.15, 0.2) is 46.0 Å². The van der Waals surface area contributed by atoms with E-state index in [1.54, 1.807) is 6.26 Å². The van der Waals surface area contributed by atoms with Gasteiger partial charge in [-0.3, -0.25) is 0 Å². The van der Waals surface area contributed by atoms with Gasteiger partial charge in [-0.15, -0.1) is 24.0 Å². The Morgan fingerprint density at radius 1 is 1.38 bits per heavy atom. The van der Waals surface area contributed by atoms with Crippen molar-refractivity contribution < 1.29 is 4.42 Å².